The average Bonchev–Trinajstić information content (AvgIpc) is 2.29. The third-order valence-corrected chi connectivity index (χ3v) is 3.54. The second-order valence-corrected chi connectivity index (χ2v) is 5.41. The Morgan fingerprint density at radius 2 is 2.28 bits per heavy atom. The van der Waals surface area contributed by atoms with Crippen LogP contribution in [0.15, 0.2) is 22.7 Å². The smallest absolute Gasteiger partial charge is 0.176 e. The lowest BCUT2D eigenvalue weighted by Crippen LogP contribution is -2.51. The van der Waals surface area contributed by atoms with Crippen molar-refractivity contribution in [3.63, 3.8) is 0 Å². The molecule has 0 saturated carbocycles. The Labute approximate surface area is 115 Å². The van der Waals surface area contributed by atoms with E-state index in [1.807, 2.05) is 18.2 Å². The second kappa shape index (κ2) is 5.82. The van der Waals surface area contributed by atoms with Crippen molar-refractivity contribution in [1.29, 1.82) is 0 Å². The fourth-order valence-electron chi connectivity index (χ4n) is 1.93. The fourth-order valence-corrected chi connectivity index (χ4v) is 2.40. The van der Waals surface area contributed by atoms with Crippen molar-refractivity contribution < 1.29 is 9.53 Å². The minimum Gasteiger partial charge on any atom is -0.487 e. The summed E-state index contributed by atoms with van der Waals surface area (Å²) < 4.78 is 6.66. The first-order chi connectivity index (χ1) is 8.60. The zero-order valence-corrected chi connectivity index (χ0v) is 12.2. The van der Waals surface area contributed by atoms with Gasteiger partial charge in [0.05, 0.1) is 11.0 Å². The van der Waals surface area contributed by atoms with Crippen LogP contribution in [0.25, 0.3) is 0 Å². The van der Waals surface area contributed by atoms with E-state index in [9.17, 15) is 4.79 Å². The van der Waals surface area contributed by atoms with Crippen LogP contribution in [0.2, 0.25) is 0 Å². The van der Waals surface area contributed by atoms with E-state index in [0.29, 0.717) is 12.1 Å². The molecule has 1 heterocycles. The van der Waals surface area contributed by atoms with Crippen LogP contribution in [-0.2, 0) is 0 Å². The summed E-state index contributed by atoms with van der Waals surface area (Å²) in [4.78, 5) is 13.9. The summed E-state index contributed by atoms with van der Waals surface area (Å²) in [5.74, 6) is 0.877. The van der Waals surface area contributed by atoms with Crippen LogP contribution < -0.4 is 10.1 Å². The first kappa shape index (κ1) is 13.5. The van der Waals surface area contributed by atoms with E-state index in [1.54, 1.807) is 7.05 Å². The maximum absolute atomic E-state index is 11.7. The zero-order chi connectivity index (χ0) is 13.1. The van der Waals surface area contributed by atoms with Gasteiger partial charge in [0.2, 0.25) is 0 Å². The molecule has 98 valence electrons. The highest BCUT2D eigenvalue weighted by molar-refractivity contribution is 9.10. The Morgan fingerprint density at radius 1 is 1.56 bits per heavy atom. The third-order valence-electron chi connectivity index (χ3n) is 2.92. The number of hydrogen-bond acceptors (Lipinski definition) is 4. The van der Waals surface area contributed by atoms with Gasteiger partial charge in [-0.1, -0.05) is 0 Å². The average molecular weight is 313 g/mol. The second-order valence-electron chi connectivity index (χ2n) is 4.56. The molecular formula is C13H17BrN2O2. The van der Waals surface area contributed by atoms with Crippen molar-refractivity contribution >= 4 is 21.7 Å². The van der Waals surface area contributed by atoms with E-state index in [2.05, 4.69) is 33.2 Å². The van der Waals surface area contributed by atoms with Gasteiger partial charge in [-0.05, 0) is 48.2 Å². The Hall–Kier alpha value is -0.910. The van der Waals surface area contributed by atoms with Gasteiger partial charge in [0.25, 0.3) is 0 Å². The van der Waals surface area contributed by atoms with Crippen molar-refractivity contribution in [3.8, 4) is 5.75 Å². The molecule has 5 heteroatoms. The van der Waals surface area contributed by atoms with Gasteiger partial charge < -0.3 is 10.1 Å². The van der Waals surface area contributed by atoms with Gasteiger partial charge in [0.1, 0.15) is 11.9 Å². The maximum Gasteiger partial charge on any atom is 0.176 e. The zero-order valence-electron chi connectivity index (χ0n) is 10.6. The molecule has 0 atom stereocenters. The number of nitrogens with zero attached hydrogens (tertiary/aromatic N) is 1. The molecule has 0 spiro atoms. The van der Waals surface area contributed by atoms with Gasteiger partial charge in [0.15, 0.2) is 5.78 Å². The number of hydrogen-bond donors (Lipinski definition) is 1. The molecule has 4 nitrogen and oxygen atoms in total. The van der Waals surface area contributed by atoms with Crippen LogP contribution in [0.4, 0.5) is 0 Å². The van der Waals surface area contributed by atoms with Crippen LogP contribution in [0.1, 0.15) is 10.4 Å². The van der Waals surface area contributed by atoms with Gasteiger partial charge in [-0.3, -0.25) is 9.69 Å². The molecule has 0 aromatic heterocycles. The SMILES string of the molecule is CNCC(=O)c1ccc(OC2CN(C)C2)c(Br)c1. The third kappa shape index (κ3) is 3.10. The van der Waals surface area contributed by atoms with Crippen LogP contribution in [0.5, 0.6) is 5.75 Å². The molecule has 1 aliphatic heterocycles. The van der Waals surface area contributed by atoms with E-state index in [0.717, 1.165) is 23.3 Å². The molecule has 1 aromatic rings. The molecule has 0 amide bonds. The van der Waals surface area contributed by atoms with Gasteiger partial charge in [-0.15, -0.1) is 0 Å². The van der Waals surface area contributed by atoms with Crippen molar-refractivity contribution in [2.45, 2.75) is 6.10 Å². The first-order valence-corrected chi connectivity index (χ1v) is 6.72. The van der Waals surface area contributed by atoms with Gasteiger partial charge in [-0.2, -0.15) is 0 Å². The summed E-state index contributed by atoms with van der Waals surface area (Å²) in [6, 6.07) is 5.48. The Morgan fingerprint density at radius 3 is 2.83 bits per heavy atom. The molecule has 0 bridgehead atoms. The summed E-state index contributed by atoms with van der Waals surface area (Å²) in [5, 5.41) is 2.85. The van der Waals surface area contributed by atoms with Crippen LogP contribution in [-0.4, -0.2) is 50.5 Å². The standard InChI is InChI=1S/C13H17BrN2O2/c1-15-6-12(17)9-3-4-13(11(14)5-9)18-10-7-16(2)8-10/h3-5,10,15H,6-8H2,1-2H3. The number of halogens is 1. The van der Waals surface area contributed by atoms with Gasteiger partial charge in [0, 0.05) is 18.7 Å². The van der Waals surface area contributed by atoms with Gasteiger partial charge >= 0.3 is 0 Å². The van der Waals surface area contributed by atoms with Crippen molar-refractivity contribution in [2.24, 2.45) is 0 Å². The maximum atomic E-state index is 11.7. The number of carbonyl (C=O) groups is 1. The summed E-state index contributed by atoms with van der Waals surface area (Å²) in [6.45, 7) is 2.25. The topological polar surface area (TPSA) is 41.6 Å². The molecule has 1 aromatic carbocycles. The number of benzene rings is 1. The lowest BCUT2D eigenvalue weighted by molar-refractivity contribution is 0.0383. The number of likely N-dealkylation sites (tertiary alicyclic amines) is 1. The molecule has 1 fully saturated rings. The number of rotatable bonds is 5. The molecule has 1 saturated heterocycles. The highest BCUT2D eigenvalue weighted by Crippen LogP contribution is 2.28. The largest absolute Gasteiger partial charge is 0.487 e. The molecule has 0 radical (unpaired) electrons. The number of Topliss-reactive ketones (excluding diaryl/α,β-unsaturated/α-hetero) is 1. The number of nitrogens with one attached hydrogen (secondary N) is 1. The van der Waals surface area contributed by atoms with E-state index in [1.165, 1.54) is 0 Å². The van der Waals surface area contributed by atoms with E-state index < -0.39 is 0 Å². The molecule has 0 aliphatic carbocycles. The Balaban J connectivity index is 2.03. The summed E-state index contributed by atoms with van der Waals surface area (Å²) >= 11 is 3.45. The molecular weight excluding hydrogens is 296 g/mol. The predicted octanol–water partition coefficient (Wildman–Crippen LogP) is 1.54. The molecule has 18 heavy (non-hydrogen) atoms. The van der Waals surface area contributed by atoms with Crippen LogP contribution in [0.3, 0.4) is 0 Å². The summed E-state index contributed by atoms with van der Waals surface area (Å²) in [5.41, 5.74) is 0.689. The van der Waals surface area contributed by atoms with E-state index in [-0.39, 0.29) is 11.9 Å². The minimum atomic E-state index is 0.0770. The Bertz CT molecular complexity index is 445. The van der Waals surface area contributed by atoms with E-state index >= 15 is 0 Å². The van der Waals surface area contributed by atoms with Gasteiger partial charge in [-0.25, -0.2) is 0 Å². The number of ether oxygens (including phenoxy) is 1. The monoisotopic (exact) mass is 312 g/mol. The lowest BCUT2D eigenvalue weighted by atomic mass is 10.1. The lowest BCUT2D eigenvalue weighted by Gasteiger charge is -2.36. The fraction of sp³-hybridized carbons (Fsp3) is 0.462. The Kier molecular flexibility index (Phi) is 4.37. The van der Waals surface area contributed by atoms with Crippen LogP contribution >= 0.6 is 15.9 Å². The molecule has 2 rings (SSSR count). The van der Waals surface area contributed by atoms with Crippen molar-refractivity contribution in [2.75, 3.05) is 33.7 Å². The normalized spacial score (nSPS) is 16.4. The molecule has 1 N–H and O–H groups in total. The summed E-state index contributed by atoms with van der Waals surface area (Å²) in [6.07, 6.45) is 0.255. The minimum absolute atomic E-state index is 0.0770. The predicted molar refractivity (Wildman–Crippen MR) is 74.3 cm³/mol. The number of likely N-dealkylation sites (N-methyl/N-ethyl adjacent to an activating group) is 2. The summed E-state index contributed by atoms with van der Waals surface area (Å²) in [7, 11) is 3.83. The quantitative estimate of drug-likeness (QED) is 0.838. The van der Waals surface area contributed by atoms with E-state index in [4.69, 9.17) is 4.74 Å². The van der Waals surface area contributed by atoms with Crippen molar-refractivity contribution in [3.05, 3.63) is 28.2 Å². The highest BCUT2D eigenvalue weighted by atomic mass is 79.9. The number of carbonyl (C=O) groups excluding carboxylic acids is 1. The number of ketones is 1. The molecule has 0 unspecified atom stereocenters. The first-order valence-electron chi connectivity index (χ1n) is 5.92. The molecule has 1 aliphatic rings. The van der Waals surface area contributed by atoms with Crippen LogP contribution in [0, 0.1) is 0 Å². The van der Waals surface area contributed by atoms with Crippen molar-refractivity contribution in [1.82, 2.24) is 10.2 Å². The highest BCUT2D eigenvalue weighted by Gasteiger charge is 2.25.